The van der Waals surface area contributed by atoms with E-state index in [4.69, 9.17) is 0 Å². The third kappa shape index (κ3) is 3.14. The number of nitro benzene ring substituents is 1. The van der Waals surface area contributed by atoms with Crippen molar-refractivity contribution in [1.29, 1.82) is 0 Å². The lowest BCUT2D eigenvalue weighted by atomic mass is 10.2. The Morgan fingerprint density at radius 3 is 3.00 bits per heavy atom. The molecule has 1 fully saturated rings. The fraction of sp³-hybridized carbons (Fsp3) is 0.455. The minimum absolute atomic E-state index is 0.105. The molecule has 1 aliphatic heterocycles. The normalized spacial score (nSPS) is 18.9. The van der Waals surface area contributed by atoms with E-state index >= 15 is 0 Å². The molecule has 1 saturated heterocycles. The molecule has 4 nitrogen and oxygen atoms in total. The van der Waals surface area contributed by atoms with Crippen LogP contribution in [0.15, 0.2) is 16.6 Å². The highest BCUT2D eigenvalue weighted by molar-refractivity contribution is 9.10. The summed E-state index contributed by atoms with van der Waals surface area (Å²) in [5.74, 6) is 0.630. The maximum atomic E-state index is 13.4. The highest BCUT2D eigenvalue weighted by Gasteiger charge is 2.20. The summed E-state index contributed by atoms with van der Waals surface area (Å²) in [6.07, 6.45) is 2.28. The van der Waals surface area contributed by atoms with Gasteiger partial charge in [0, 0.05) is 23.9 Å². The zero-order valence-electron chi connectivity index (χ0n) is 9.49. The van der Waals surface area contributed by atoms with Crippen molar-refractivity contribution in [3.8, 4) is 0 Å². The average Bonchev–Trinajstić information content (AvgIpc) is 2.83. The van der Waals surface area contributed by atoms with Crippen LogP contribution in [0, 0.1) is 15.9 Å². The molecule has 0 spiro atoms. The van der Waals surface area contributed by atoms with Gasteiger partial charge in [0.15, 0.2) is 0 Å². The second-order valence-corrected chi connectivity index (χ2v) is 6.32. The Balaban J connectivity index is 2.14. The van der Waals surface area contributed by atoms with Crippen molar-refractivity contribution in [2.24, 2.45) is 0 Å². The van der Waals surface area contributed by atoms with Gasteiger partial charge in [-0.25, -0.2) is 4.39 Å². The first-order valence-corrected chi connectivity index (χ1v) is 7.41. The highest BCUT2D eigenvalue weighted by Crippen LogP contribution is 2.32. The number of nitrogens with zero attached hydrogens (tertiary/aromatic N) is 1. The number of nitro groups is 1. The molecule has 1 N–H and O–H groups in total. The molecular formula is C11H12BrFN2O2S. The van der Waals surface area contributed by atoms with Crippen LogP contribution < -0.4 is 5.32 Å². The van der Waals surface area contributed by atoms with Crippen LogP contribution in [0.5, 0.6) is 0 Å². The van der Waals surface area contributed by atoms with E-state index in [2.05, 4.69) is 21.2 Å². The lowest BCUT2D eigenvalue weighted by Gasteiger charge is -2.12. The van der Waals surface area contributed by atoms with Crippen LogP contribution in [0.3, 0.4) is 0 Å². The molecular weight excluding hydrogens is 323 g/mol. The summed E-state index contributed by atoms with van der Waals surface area (Å²) in [5, 5.41) is 14.3. The number of hydrogen-bond donors (Lipinski definition) is 1. The predicted molar refractivity (Wildman–Crippen MR) is 74.7 cm³/mol. The molecule has 0 bridgehead atoms. The van der Waals surface area contributed by atoms with Crippen LogP contribution in [0.1, 0.15) is 12.8 Å². The molecule has 1 aromatic rings. The minimum Gasteiger partial charge on any atom is -0.378 e. The van der Waals surface area contributed by atoms with Crippen LogP contribution in [0.25, 0.3) is 0 Å². The Hall–Kier alpha value is -0.820. The van der Waals surface area contributed by atoms with E-state index in [-0.39, 0.29) is 15.8 Å². The maximum Gasteiger partial charge on any atom is 0.293 e. The van der Waals surface area contributed by atoms with E-state index in [1.165, 1.54) is 18.6 Å². The van der Waals surface area contributed by atoms with E-state index in [9.17, 15) is 14.5 Å². The molecule has 1 unspecified atom stereocenters. The van der Waals surface area contributed by atoms with E-state index in [1.807, 2.05) is 11.8 Å². The molecule has 1 aliphatic rings. The van der Waals surface area contributed by atoms with Gasteiger partial charge in [0.05, 0.1) is 9.40 Å². The third-order valence-electron chi connectivity index (χ3n) is 2.78. The fourth-order valence-corrected chi connectivity index (χ4v) is 3.39. The van der Waals surface area contributed by atoms with Crippen molar-refractivity contribution in [2.45, 2.75) is 18.1 Å². The summed E-state index contributed by atoms with van der Waals surface area (Å²) >= 11 is 4.80. The van der Waals surface area contributed by atoms with Gasteiger partial charge in [0.2, 0.25) is 0 Å². The Kier molecular flexibility index (Phi) is 4.45. The van der Waals surface area contributed by atoms with Crippen molar-refractivity contribution >= 4 is 39.1 Å². The van der Waals surface area contributed by atoms with Crippen LogP contribution >= 0.6 is 27.7 Å². The largest absolute Gasteiger partial charge is 0.378 e. The van der Waals surface area contributed by atoms with Gasteiger partial charge in [0.1, 0.15) is 11.5 Å². The van der Waals surface area contributed by atoms with E-state index in [0.29, 0.717) is 11.8 Å². The van der Waals surface area contributed by atoms with E-state index in [0.717, 1.165) is 12.2 Å². The summed E-state index contributed by atoms with van der Waals surface area (Å²) in [7, 11) is 0. The summed E-state index contributed by atoms with van der Waals surface area (Å²) in [5.41, 5.74) is 0.138. The smallest absolute Gasteiger partial charge is 0.293 e. The average molecular weight is 335 g/mol. The molecule has 98 valence electrons. The van der Waals surface area contributed by atoms with Gasteiger partial charge in [0.25, 0.3) is 5.69 Å². The van der Waals surface area contributed by atoms with Gasteiger partial charge in [-0.15, -0.1) is 0 Å². The Morgan fingerprint density at radius 1 is 1.61 bits per heavy atom. The van der Waals surface area contributed by atoms with Crippen molar-refractivity contribution < 1.29 is 9.31 Å². The second kappa shape index (κ2) is 5.88. The number of anilines is 1. The molecule has 1 aromatic carbocycles. The number of thioether (sulfide) groups is 1. The molecule has 0 radical (unpaired) electrons. The monoisotopic (exact) mass is 334 g/mol. The zero-order chi connectivity index (χ0) is 13.1. The van der Waals surface area contributed by atoms with Crippen LogP contribution in [-0.2, 0) is 0 Å². The van der Waals surface area contributed by atoms with Crippen molar-refractivity contribution in [3.05, 3.63) is 32.5 Å². The molecule has 0 aliphatic carbocycles. The zero-order valence-corrected chi connectivity index (χ0v) is 11.9. The summed E-state index contributed by atoms with van der Waals surface area (Å²) in [4.78, 5) is 10.4. The topological polar surface area (TPSA) is 55.2 Å². The molecule has 2 rings (SSSR count). The Bertz CT molecular complexity index is 467. The predicted octanol–water partition coefficient (Wildman–Crippen LogP) is 3.80. The van der Waals surface area contributed by atoms with Gasteiger partial charge >= 0.3 is 0 Å². The van der Waals surface area contributed by atoms with Crippen LogP contribution in [0.4, 0.5) is 15.8 Å². The number of rotatable bonds is 4. The number of halogens is 2. The van der Waals surface area contributed by atoms with Crippen LogP contribution in [-0.4, -0.2) is 22.5 Å². The highest BCUT2D eigenvalue weighted by atomic mass is 79.9. The number of nitrogens with one attached hydrogen (secondary N) is 1. The lowest BCUT2D eigenvalue weighted by molar-refractivity contribution is -0.384. The molecule has 0 amide bonds. The van der Waals surface area contributed by atoms with Gasteiger partial charge < -0.3 is 5.32 Å². The quantitative estimate of drug-likeness (QED) is 0.672. The second-order valence-electron chi connectivity index (χ2n) is 4.06. The molecule has 0 saturated carbocycles. The molecule has 0 aromatic heterocycles. The summed E-state index contributed by atoms with van der Waals surface area (Å²) < 4.78 is 13.5. The van der Waals surface area contributed by atoms with Crippen molar-refractivity contribution in [1.82, 2.24) is 0 Å². The summed E-state index contributed by atoms with van der Waals surface area (Å²) in [6, 6.07) is 2.36. The van der Waals surface area contributed by atoms with Crippen molar-refractivity contribution in [3.63, 3.8) is 0 Å². The van der Waals surface area contributed by atoms with Crippen LogP contribution in [0.2, 0.25) is 0 Å². The molecule has 18 heavy (non-hydrogen) atoms. The first-order valence-electron chi connectivity index (χ1n) is 5.57. The summed E-state index contributed by atoms with van der Waals surface area (Å²) in [6.45, 7) is 0.632. The maximum absolute atomic E-state index is 13.4. The lowest BCUT2D eigenvalue weighted by Crippen LogP contribution is -2.14. The molecule has 1 atom stereocenters. The van der Waals surface area contributed by atoms with Gasteiger partial charge in [-0.1, -0.05) is 0 Å². The third-order valence-corrected chi connectivity index (χ3v) is 4.79. The number of benzene rings is 1. The first kappa shape index (κ1) is 13.6. The standard InChI is InChI=1S/C11H12BrFN2O2S/c12-8-4-11(15(16)17)10(5-9(8)13)14-6-7-2-1-3-18-7/h4-5,7,14H,1-3,6H2. The van der Waals surface area contributed by atoms with Gasteiger partial charge in [-0.3, -0.25) is 10.1 Å². The Labute approximate surface area is 117 Å². The SMILES string of the molecule is O=[N+]([O-])c1cc(Br)c(F)cc1NCC1CCCS1. The molecule has 7 heteroatoms. The van der Waals surface area contributed by atoms with Gasteiger partial charge in [-0.2, -0.15) is 11.8 Å². The minimum atomic E-state index is -0.506. The Morgan fingerprint density at radius 2 is 2.39 bits per heavy atom. The van der Waals surface area contributed by atoms with E-state index in [1.54, 1.807) is 0 Å². The fourth-order valence-electron chi connectivity index (χ4n) is 1.86. The van der Waals surface area contributed by atoms with E-state index < -0.39 is 10.7 Å². The number of hydrogen-bond acceptors (Lipinski definition) is 4. The molecule has 1 heterocycles. The first-order chi connectivity index (χ1) is 8.58. The van der Waals surface area contributed by atoms with Gasteiger partial charge in [-0.05, 0) is 34.5 Å². The van der Waals surface area contributed by atoms with Crippen molar-refractivity contribution in [2.75, 3.05) is 17.6 Å².